The molecule has 0 saturated carbocycles. The molecular weight excluding hydrogens is 360 g/mol. The standard InChI is InChI=1S/C20H28N4O4/c1-15-11-21-24(12-15)14-20(25)23-7-5-22(6-8-23)13-16-9-18(27-3)19(28-4)10-17(16)26-2/h9-12H,5-8,13-14H2,1-4H3. The Labute approximate surface area is 165 Å². The smallest absolute Gasteiger partial charge is 0.244 e. The molecule has 8 nitrogen and oxygen atoms in total. The molecule has 1 aromatic carbocycles. The first-order valence-electron chi connectivity index (χ1n) is 9.32. The van der Waals surface area contributed by atoms with Crippen molar-refractivity contribution in [1.82, 2.24) is 19.6 Å². The van der Waals surface area contributed by atoms with Gasteiger partial charge in [0.25, 0.3) is 0 Å². The summed E-state index contributed by atoms with van der Waals surface area (Å²) in [6.45, 7) is 6.00. The molecule has 1 saturated heterocycles. The monoisotopic (exact) mass is 388 g/mol. The van der Waals surface area contributed by atoms with E-state index < -0.39 is 0 Å². The number of hydrogen-bond acceptors (Lipinski definition) is 6. The summed E-state index contributed by atoms with van der Waals surface area (Å²) in [5, 5.41) is 4.19. The van der Waals surface area contributed by atoms with E-state index in [0.29, 0.717) is 24.6 Å². The molecule has 0 spiro atoms. The molecule has 0 N–H and O–H groups in total. The molecule has 0 radical (unpaired) electrons. The second kappa shape index (κ2) is 8.97. The second-order valence-corrected chi connectivity index (χ2v) is 6.89. The van der Waals surface area contributed by atoms with Crippen molar-refractivity contribution in [1.29, 1.82) is 0 Å². The van der Waals surface area contributed by atoms with Crippen LogP contribution in [0.15, 0.2) is 24.5 Å². The van der Waals surface area contributed by atoms with E-state index in [9.17, 15) is 4.79 Å². The number of ether oxygens (including phenoxy) is 3. The fourth-order valence-electron chi connectivity index (χ4n) is 3.40. The number of nitrogens with zero attached hydrogens (tertiary/aromatic N) is 4. The lowest BCUT2D eigenvalue weighted by atomic mass is 10.1. The lowest BCUT2D eigenvalue weighted by molar-refractivity contribution is -0.133. The van der Waals surface area contributed by atoms with Gasteiger partial charge in [0.2, 0.25) is 5.91 Å². The Hall–Kier alpha value is -2.74. The third kappa shape index (κ3) is 4.56. The van der Waals surface area contributed by atoms with Crippen molar-refractivity contribution < 1.29 is 19.0 Å². The van der Waals surface area contributed by atoms with E-state index in [1.165, 1.54) is 0 Å². The number of carbonyl (C=O) groups excluding carboxylic acids is 1. The van der Waals surface area contributed by atoms with Gasteiger partial charge in [0.1, 0.15) is 12.3 Å². The number of benzene rings is 1. The van der Waals surface area contributed by atoms with Crippen LogP contribution in [0.5, 0.6) is 17.2 Å². The lowest BCUT2D eigenvalue weighted by Crippen LogP contribution is -2.49. The zero-order valence-electron chi connectivity index (χ0n) is 17.0. The summed E-state index contributed by atoms with van der Waals surface area (Å²) in [6, 6.07) is 3.80. The number of piperazine rings is 1. The van der Waals surface area contributed by atoms with Crippen LogP contribution in [0.1, 0.15) is 11.1 Å². The van der Waals surface area contributed by atoms with E-state index in [1.54, 1.807) is 32.2 Å². The Morgan fingerprint density at radius 2 is 1.64 bits per heavy atom. The van der Waals surface area contributed by atoms with Crippen molar-refractivity contribution in [3.05, 3.63) is 35.7 Å². The number of rotatable bonds is 7. The van der Waals surface area contributed by atoms with E-state index in [0.717, 1.165) is 36.5 Å². The van der Waals surface area contributed by atoms with E-state index in [-0.39, 0.29) is 12.5 Å². The summed E-state index contributed by atoms with van der Waals surface area (Å²) in [5.74, 6) is 2.20. The van der Waals surface area contributed by atoms with Gasteiger partial charge in [0.15, 0.2) is 11.5 Å². The molecule has 0 atom stereocenters. The minimum absolute atomic E-state index is 0.103. The Morgan fingerprint density at radius 1 is 1.00 bits per heavy atom. The quantitative estimate of drug-likeness (QED) is 0.717. The number of aryl methyl sites for hydroxylation is 1. The van der Waals surface area contributed by atoms with Crippen molar-refractivity contribution in [2.24, 2.45) is 0 Å². The molecule has 2 aromatic rings. The van der Waals surface area contributed by atoms with Crippen LogP contribution in [0, 0.1) is 6.92 Å². The van der Waals surface area contributed by atoms with Crippen LogP contribution in [0.2, 0.25) is 0 Å². The predicted molar refractivity (Wildman–Crippen MR) is 105 cm³/mol. The highest BCUT2D eigenvalue weighted by Gasteiger charge is 2.23. The fraction of sp³-hybridized carbons (Fsp3) is 0.500. The first-order valence-corrected chi connectivity index (χ1v) is 9.32. The number of hydrogen-bond donors (Lipinski definition) is 0. The van der Waals surface area contributed by atoms with Gasteiger partial charge in [0.05, 0.1) is 27.5 Å². The molecule has 0 bridgehead atoms. The Kier molecular flexibility index (Phi) is 6.41. The number of methoxy groups -OCH3 is 3. The summed E-state index contributed by atoms with van der Waals surface area (Å²) in [7, 11) is 4.88. The maximum absolute atomic E-state index is 12.5. The van der Waals surface area contributed by atoms with E-state index >= 15 is 0 Å². The van der Waals surface area contributed by atoms with Crippen LogP contribution in [-0.4, -0.2) is 73.0 Å². The van der Waals surface area contributed by atoms with Gasteiger partial charge in [0, 0.05) is 50.6 Å². The molecule has 1 aliphatic heterocycles. The molecule has 8 heteroatoms. The van der Waals surface area contributed by atoms with Crippen LogP contribution in [0.3, 0.4) is 0 Å². The van der Waals surface area contributed by atoms with E-state index in [1.807, 2.05) is 30.2 Å². The van der Waals surface area contributed by atoms with Crippen LogP contribution in [0.4, 0.5) is 0 Å². The molecule has 0 unspecified atom stereocenters. The first-order chi connectivity index (χ1) is 13.5. The van der Waals surface area contributed by atoms with Gasteiger partial charge in [-0.3, -0.25) is 14.4 Å². The summed E-state index contributed by atoms with van der Waals surface area (Å²) < 4.78 is 18.0. The third-order valence-corrected chi connectivity index (χ3v) is 4.97. The van der Waals surface area contributed by atoms with Gasteiger partial charge in [-0.2, -0.15) is 5.10 Å². The number of carbonyl (C=O) groups is 1. The average molecular weight is 388 g/mol. The fourth-order valence-corrected chi connectivity index (χ4v) is 3.40. The maximum atomic E-state index is 12.5. The van der Waals surface area contributed by atoms with Crippen molar-refractivity contribution >= 4 is 5.91 Å². The number of aromatic nitrogens is 2. The molecule has 1 fully saturated rings. The molecule has 1 aliphatic rings. The van der Waals surface area contributed by atoms with Gasteiger partial charge >= 0.3 is 0 Å². The lowest BCUT2D eigenvalue weighted by Gasteiger charge is -2.35. The molecule has 1 aromatic heterocycles. The zero-order chi connectivity index (χ0) is 20.1. The topological polar surface area (TPSA) is 69.1 Å². The van der Waals surface area contributed by atoms with Crippen molar-refractivity contribution in [3.8, 4) is 17.2 Å². The molecule has 28 heavy (non-hydrogen) atoms. The van der Waals surface area contributed by atoms with Crippen LogP contribution < -0.4 is 14.2 Å². The minimum atomic E-state index is 0.103. The Balaban J connectivity index is 1.59. The van der Waals surface area contributed by atoms with Gasteiger partial charge < -0.3 is 19.1 Å². The summed E-state index contributed by atoms with van der Waals surface area (Å²) >= 11 is 0. The van der Waals surface area contributed by atoms with Crippen LogP contribution in [-0.2, 0) is 17.9 Å². The zero-order valence-corrected chi connectivity index (χ0v) is 17.0. The molecule has 0 aliphatic carbocycles. The summed E-state index contributed by atoms with van der Waals surface area (Å²) in [4.78, 5) is 16.7. The molecular formula is C20H28N4O4. The van der Waals surface area contributed by atoms with E-state index in [2.05, 4.69) is 10.00 Å². The van der Waals surface area contributed by atoms with Crippen molar-refractivity contribution in [3.63, 3.8) is 0 Å². The molecule has 2 heterocycles. The summed E-state index contributed by atoms with van der Waals surface area (Å²) in [5.41, 5.74) is 2.09. The van der Waals surface area contributed by atoms with Crippen molar-refractivity contribution in [2.45, 2.75) is 20.0 Å². The molecule has 1 amide bonds. The molecule has 152 valence electrons. The number of amides is 1. The second-order valence-electron chi connectivity index (χ2n) is 6.89. The van der Waals surface area contributed by atoms with Crippen LogP contribution >= 0.6 is 0 Å². The highest BCUT2D eigenvalue weighted by Crippen LogP contribution is 2.35. The maximum Gasteiger partial charge on any atom is 0.244 e. The SMILES string of the molecule is COc1cc(OC)c(OC)cc1CN1CCN(C(=O)Cn2cc(C)cn2)CC1. The largest absolute Gasteiger partial charge is 0.496 e. The third-order valence-electron chi connectivity index (χ3n) is 4.97. The highest BCUT2D eigenvalue weighted by molar-refractivity contribution is 5.76. The minimum Gasteiger partial charge on any atom is -0.496 e. The van der Waals surface area contributed by atoms with Gasteiger partial charge in [-0.15, -0.1) is 0 Å². The predicted octanol–water partition coefficient (Wildman–Crippen LogP) is 1.56. The van der Waals surface area contributed by atoms with E-state index in [4.69, 9.17) is 14.2 Å². The van der Waals surface area contributed by atoms with Gasteiger partial charge in [-0.25, -0.2) is 0 Å². The average Bonchev–Trinajstić information content (AvgIpc) is 3.12. The van der Waals surface area contributed by atoms with Gasteiger partial charge in [-0.1, -0.05) is 0 Å². The normalized spacial score (nSPS) is 14.8. The van der Waals surface area contributed by atoms with Crippen molar-refractivity contribution in [2.75, 3.05) is 47.5 Å². The first kappa shape index (κ1) is 20.0. The van der Waals surface area contributed by atoms with Crippen LogP contribution in [0.25, 0.3) is 0 Å². The summed E-state index contributed by atoms with van der Waals surface area (Å²) in [6.07, 6.45) is 3.65. The Morgan fingerprint density at radius 3 is 2.21 bits per heavy atom. The van der Waals surface area contributed by atoms with Gasteiger partial charge in [-0.05, 0) is 18.6 Å². The highest BCUT2D eigenvalue weighted by atomic mass is 16.5. The molecule has 3 rings (SSSR count). The Bertz CT molecular complexity index is 813.